The Morgan fingerprint density at radius 2 is 2.10 bits per heavy atom. The molecular weight excluding hydrogens is 262 g/mol. The highest BCUT2D eigenvalue weighted by Crippen LogP contribution is 2.15. The largest absolute Gasteiger partial charge is 0.375 e. The lowest BCUT2D eigenvalue weighted by Gasteiger charge is -2.15. The van der Waals surface area contributed by atoms with Gasteiger partial charge < -0.3 is 15.4 Å². The molecule has 0 radical (unpaired) electrons. The van der Waals surface area contributed by atoms with Crippen LogP contribution in [0.2, 0.25) is 0 Å². The Kier molecular flexibility index (Phi) is 5.26. The van der Waals surface area contributed by atoms with Gasteiger partial charge in [0.05, 0.1) is 13.2 Å². The third-order valence-electron chi connectivity index (χ3n) is 2.66. The average molecular weight is 283 g/mol. The fraction of sp³-hybridized carbons (Fsp3) is 0.615. The summed E-state index contributed by atoms with van der Waals surface area (Å²) in [6, 6.07) is -0.548. The zero-order chi connectivity index (χ0) is 15.3. The maximum atomic E-state index is 11.9. The van der Waals surface area contributed by atoms with Gasteiger partial charge in [-0.1, -0.05) is 12.2 Å². The zero-order valence-corrected chi connectivity index (χ0v) is 12.1. The van der Waals surface area contributed by atoms with Gasteiger partial charge in [-0.05, 0) is 20.8 Å². The van der Waals surface area contributed by atoms with E-state index in [9.17, 15) is 14.4 Å². The van der Waals surface area contributed by atoms with Crippen LogP contribution in [0.5, 0.6) is 0 Å². The van der Waals surface area contributed by atoms with E-state index in [1.165, 1.54) is 0 Å². The second-order valence-electron chi connectivity index (χ2n) is 5.31. The van der Waals surface area contributed by atoms with Crippen molar-refractivity contribution in [2.24, 2.45) is 0 Å². The maximum absolute atomic E-state index is 11.9. The first kappa shape index (κ1) is 16.2. The summed E-state index contributed by atoms with van der Waals surface area (Å²) in [5.41, 5.74) is -0.0556. The number of ether oxygens (including phenoxy) is 1. The summed E-state index contributed by atoms with van der Waals surface area (Å²) < 4.78 is 5.22. The van der Waals surface area contributed by atoms with Crippen LogP contribution in [0, 0.1) is 0 Å². The fourth-order valence-corrected chi connectivity index (χ4v) is 1.67. The summed E-state index contributed by atoms with van der Waals surface area (Å²) in [6.07, 6.45) is 0. The minimum absolute atomic E-state index is 0.283. The number of imide groups is 1. The standard InChI is InChI=1S/C13H21N3O4/c1-9(2)8-20-6-5-14-10(17)7-16-11(18)13(3,4)15-12(16)19/h1,5-8H2,2-4H3,(H,14,17)(H,15,19). The predicted octanol–water partition coefficient (Wildman–Crippen LogP) is 0.0257. The van der Waals surface area contributed by atoms with Crippen LogP contribution in [-0.4, -0.2) is 54.6 Å². The number of carbonyl (C=O) groups is 3. The second kappa shape index (κ2) is 6.51. The summed E-state index contributed by atoms with van der Waals surface area (Å²) in [5.74, 6) is -0.804. The third-order valence-corrected chi connectivity index (χ3v) is 2.66. The number of hydrogen-bond donors (Lipinski definition) is 2. The summed E-state index contributed by atoms with van der Waals surface area (Å²) in [4.78, 5) is 36.0. The smallest absolute Gasteiger partial charge is 0.325 e. The molecule has 0 saturated carbocycles. The quantitative estimate of drug-likeness (QED) is 0.392. The van der Waals surface area contributed by atoms with Crippen LogP contribution in [0.1, 0.15) is 20.8 Å². The Bertz CT molecular complexity index is 431. The molecule has 2 N–H and O–H groups in total. The summed E-state index contributed by atoms with van der Waals surface area (Å²) in [6.45, 7) is 9.55. The van der Waals surface area contributed by atoms with Crippen molar-refractivity contribution >= 4 is 17.8 Å². The monoisotopic (exact) mass is 283 g/mol. The van der Waals surface area contributed by atoms with Crippen molar-refractivity contribution in [2.45, 2.75) is 26.3 Å². The third kappa shape index (κ3) is 4.34. The average Bonchev–Trinajstić information content (AvgIpc) is 2.51. The molecule has 7 nitrogen and oxygen atoms in total. The topological polar surface area (TPSA) is 87.7 Å². The first-order chi connectivity index (χ1) is 9.24. The van der Waals surface area contributed by atoms with E-state index in [-0.39, 0.29) is 6.54 Å². The van der Waals surface area contributed by atoms with E-state index in [4.69, 9.17) is 4.74 Å². The molecule has 20 heavy (non-hydrogen) atoms. The van der Waals surface area contributed by atoms with Gasteiger partial charge in [-0.15, -0.1) is 0 Å². The van der Waals surface area contributed by atoms with Gasteiger partial charge >= 0.3 is 6.03 Å². The van der Waals surface area contributed by atoms with Crippen molar-refractivity contribution in [3.63, 3.8) is 0 Å². The van der Waals surface area contributed by atoms with Crippen molar-refractivity contribution in [1.82, 2.24) is 15.5 Å². The van der Waals surface area contributed by atoms with E-state index in [0.717, 1.165) is 10.5 Å². The summed E-state index contributed by atoms with van der Waals surface area (Å²) in [7, 11) is 0. The van der Waals surface area contributed by atoms with Gasteiger partial charge in [0.2, 0.25) is 5.91 Å². The molecule has 0 unspecified atom stereocenters. The normalized spacial score (nSPS) is 17.1. The molecular formula is C13H21N3O4. The van der Waals surface area contributed by atoms with E-state index in [1.54, 1.807) is 13.8 Å². The first-order valence-corrected chi connectivity index (χ1v) is 6.37. The van der Waals surface area contributed by atoms with Crippen LogP contribution in [0.25, 0.3) is 0 Å². The fourth-order valence-electron chi connectivity index (χ4n) is 1.67. The number of carbonyl (C=O) groups excluding carboxylic acids is 3. The summed E-state index contributed by atoms with van der Waals surface area (Å²) >= 11 is 0. The molecule has 1 fully saturated rings. The Balaban J connectivity index is 2.31. The highest BCUT2D eigenvalue weighted by Gasteiger charge is 2.44. The number of nitrogens with zero attached hydrogens (tertiary/aromatic N) is 1. The van der Waals surface area contributed by atoms with E-state index in [0.29, 0.717) is 19.8 Å². The van der Waals surface area contributed by atoms with Gasteiger partial charge in [-0.3, -0.25) is 14.5 Å². The lowest BCUT2D eigenvalue weighted by Crippen LogP contribution is -2.43. The molecule has 0 aromatic rings. The minimum Gasteiger partial charge on any atom is -0.375 e. The van der Waals surface area contributed by atoms with Crippen molar-refractivity contribution in [2.75, 3.05) is 26.3 Å². The van der Waals surface area contributed by atoms with Crippen molar-refractivity contribution in [1.29, 1.82) is 0 Å². The molecule has 4 amide bonds. The SMILES string of the molecule is C=C(C)COCCNC(=O)CN1C(=O)NC(C)(C)C1=O. The maximum Gasteiger partial charge on any atom is 0.325 e. The van der Waals surface area contributed by atoms with Crippen LogP contribution >= 0.6 is 0 Å². The van der Waals surface area contributed by atoms with Crippen LogP contribution in [0.15, 0.2) is 12.2 Å². The molecule has 7 heteroatoms. The second-order valence-corrected chi connectivity index (χ2v) is 5.31. The molecule has 1 aliphatic rings. The molecule has 1 rings (SSSR count). The first-order valence-electron chi connectivity index (χ1n) is 6.37. The molecule has 0 spiro atoms. The highest BCUT2D eigenvalue weighted by molar-refractivity contribution is 6.08. The van der Waals surface area contributed by atoms with Gasteiger partial charge in [0.15, 0.2) is 0 Å². The Morgan fingerprint density at radius 3 is 2.60 bits per heavy atom. The van der Waals surface area contributed by atoms with Crippen LogP contribution < -0.4 is 10.6 Å². The molecule has 0 aromatic carbocycles. The highest BCUT2D eigenvalue weighted by atomic mass is 16.5. The number of rotatable bonds is 7. The van der Waals surface area contributed by atoms with Gasteiger partial charge in [0, 0.05) is 6.54 Å². The molecule has 0 aromatic heterocycles. The zero-order valence-electron chi connectivity index (χ0n) is 12.1. The van der Waals surface area contributed by atoms with E-state index < -0.39 is 23.4 Å². The molecule has 112 valence electrons. The lowest BCUT2D eigenvalue weighted by molar-refractivity contribution is -0.134. The molecule has 1 heterocycles. The predicted molar refractivity (Wildman–Crippen MR) is 73.0 cm³/mol. The Morgan fingerprint density at radius 1 is 1.45 bits per heavy atom. The van der Waals surface area contributed by atoms with Crippen molar-refractivity contribution < 1.29 is 19.1 Å². The molecule has 0 atom stereocenters. The number of urea groups is 1. The van der Waals surface area contributed by atoms with Crippen LogP contribution in [0.3, 0.4) is 0 Å². The van der Waals surface area contributed by atoms with E-state index >= 15 is 0 Å². The molecule has 1 aliphatic heterocycles. The number of amides is 4. The van der Waals surface area contributed by atoms with Crippen LogP contribution in [0.4, 0.5) is 4.79 Å². The lowest BCUT2D eigenvalue weighted by atomic mass is 10.1. The van der Waals surface area contributed by atoms with Gasteiger partial charge in [0.1, 0.15) is 12.1 Å². The Hall–Kier alpha value is -1.89. The van der Waals surface area contributed by atoms with Gasteiger partial charge in [-0.25, -0.2) is 4.79 Å². The van der Waals surface area contributed by atoms with Gasteiger partial charge in [0.25, 0.3) is 5.91 Å². The number of nitrogens with one attached hydrogen (secondary N) is 2. The van der Waals surface area contributed by atoms with E-state index in [2.05, 4.69) is 17.2 Å². The number of hydrogen-bond acceptors (Lipinski definition) is 4. The Labute approximate surface area is 118 Å². The van der Waals surface area contributed by atoms with Gasteiger partial charge in [-0.2, -0.15) is 0 Å². The van der Waals surface area contributed by atoms with E-state index in [1.807, 2.05) is 6.92 Å². The molecule has 0 aliphatic carbocycles. The summed E-state index contributed by atoms with van der Waals surface area (Å²) in [5, 5.41) is 5.09. The molecule has 1 saturated heterocycles. The minimum atomic E-state index is -0.956. The van der Waals surface area contributed by atoms with Crippen molar-refractivity contribution in [3.8, 4) is 0 Å². The molecule has 0 bridgehead atoms. The van der Waals surface area contributed by atoms with Crippen molar-refractivity contribution in [3.05, 3.63) is 12.2 Å². The van der Waals surface area contributed by atoms with Crippen LogP contribution in [-0.2, 0) is 14.3 Å².